The Hall–Kier alpha value is -0.760. The summed E-state index contributed by atoms with van der Waals surface area (Å²) in [6.07, 6.45) is -9.34. The van der Waals surface area contributed by atoms with Gasteiger partial charge in [-0.3, -0.25) is 0 Å². The van der Waals surface area contributed by atoms with Crippen molar-refractivity contribution in [3.8, 4) is 0 Å². The van der Waals surface area contributed by atoms with E-state index in [0.717, 1.165) is 25.8 Å². The molecule has 5 aliphatic rings. The molecular formula is C31H62N8O11. The van der Waals surface area contributed by atoms with Crippen LogP contribution in [-0.2, 0) is 28.4 Å². The van der Waals surface area contributed by atoms with Crippen molar-refractivity contribution < 1.29 is 54.0 Å². The maximum absolute atomic E-state index is 11.7. The van der Waals surface area contributed by atoms with Gasteiger partial charge in [0, 0.05) is 50.7 Å². The van der Waals surface area contributed by atoms with Gasteiger partial charge < -0.3 is 99.0 Å². The van der Waals surface area contributed by atoms with Crippen LogP contribution in [0.4, 0.5) is 0 Å². The lowest BCUT2D eigenvalue weighted by Gasteiger charge is -2.47. The van der Waals surface area contributed by atoms with Gasteiger partial charge in [-0.15, -0.1) is 0 Å². The summed E-state index contributed by atoms with van der Waals surface area (Å²) >= 11 is 0. The number of aliphatic hydroxyl groups is 5. The summed E-state index contributed by atoms with van der Waals surface area (Å²) in [5, 5.41) is 60.3. The maximum atomic E-state index is 11.7. The summed E-state index contributed by atoms with van der Waals surface area (Å²) in [5.41, 5.74) is 36.5. The Morgan fingerprint density at radius 1 is 0.740 bits per heavy atom. The Morgan fingerprint density at radius 2 is 1.44 bits per heavy atom. The zero-order valence-electron chi connectivity index (χ0n) is 28.6. The van der Waals surface area contributed by atoms with Gasteiger partial charge in [0.05, 0.1) is 49.2 Å². The number of hydrogen-bond donors (Lipinski definition) is 13. The second kappa shape index (κ2) is 18.5. The number of ether oxygens (including phenoxy) is 6. The van der Waals surface area contributed by atoms with Gasteiger partial charge >= 0.3 is 0 Å². The molecule has 5 fully saturated rings. The zero-order chi connectivity index (χ0) is 36.1. The van der Waals surface area contributed by atoms with Crippen molar-refractivity contribution >= 4 is 0 Å². The molecule has 292 valence electrons. The lowest BCUT2D eigenvalue weighted by atomic mass is 9.81. The normalized spacial score (nSPS) is 47.6. The molecule has 3 heterocycles. The average Bonchev–Trinajstić information content (AvgIpc) is 3.38. The second-order valence-corrected chi connectivity index (χ2v) is 14.7. The first-order valence-electron chi connectivity index (χ1n) is 18.0. The van der Waals surface area contributed by atoms with E-state index in [-0.39, 0.29) is 44.6 Å². The molecule has 2 aliphatic carbocycles. The van der Waals surface area contributed by atoms with E-state index in [1.807, 2.05) is 0 Å². The first-order valence-corrected chi connectivity index (χ1v) is 18.0. The van der Waals surface area contributed by atoms with Gasteiger partial charge in [-0.1, -0.05) is 0 Å². The standard InChI is InChI=1S/C31H62N8O11/c32-7-15(41)10-39-20-6-19(36)26(48-29-18(35)2-1-16(45-29)11-38-9-13-3-14(34)4-13)28(24(20)43)50-31-25(44)27(22(12-40)47-31)49-30-23(37)21(42)5-17(8-33)46-30/h13-31,38-44H,1-12,32-37H2/t13?,14?,15?,16-,17+,18+,19-,20+,21-,22+,23+,24-,25+,26+,27+,28+,29+,30+,31-/m0/s1. The number of rotatable bonds is 16. The monoisotopic (exact) mass is 722 g/mol. The summed E-state index contributed by atoms with van der Waals surface area (Å²) in [4.78, 5) is 0. The minimum Gasteiger partial charge on any atom is -0.394 e. The molecule has 19 heteroatoms. The third kappa shape index (κ3) is 9.85. The van der Waals surface area contributed by atoms with Crippen LogP contribution in [0, 0.1) is 5.92 Å². The van der Waals surface area contributed by atoms with E-state index < -0.39 is 105 Å². The summed E-state index contributed by atoms with van der Waals surface area (Å²) in [7, 11) is 0. The molecule has 5 rings (SSSR count). The third-order valence-corrected chi connectivity index (χ3v) is 10.7. The Kier molecular flexibility index (Phi) is 15.0. The van der Waals surface area contributed by atoms with E-state index in [2.05, 4.69) is 10.6 Å². The maximum Gasteiger partial charge on any atom is 0.187 e. The van der Waals surface area contributed by atoms with Crippen molar-refractivity contribution in [3.63, 3.8) is 0 Å². The number of nitrogens with one attached hydrogen (secondary N) is 2. The summed E-state index contributed by atoms with van der Waals surface area (Å²) < 4.78 is 36.7. The molecule has 0 aromatic carbocycles. The first-order chi connectivity index (χ1) is 23.9. The van der Waals surface area contributed by atoms with Crippen LogP contribution in [0.25, 0.3) is 0 Å². The predicted octanol–water partition coefficient (Wildman–Crippen LogP) is -6.49. The van der Waals surface area contributed by atoms with Crippen molar-refractivity contribution in [1.82, 2.24) is 10.6 Å². The molecule has 50 heavy (non-hydrogen) atoms. The average molecular weight is 723 g/mol. The van der Waals surface area contributed by atoms with Crippen LogP contribution in [0.5, 0.6) is 0 Å². The van der Waals surface area contributed by atoms with Crippen LogP contribution in [0.15, 0.2) is 0 Å². The highest BCUT2D eigenvalue weighted by Crippen LogP contribution is 2.34. The summed E-state index contributed by atoms with van der Waals surface area (Å²) in [6, 6.07) is -2.52. The Balaban J connectivity index is 1.27. The van der Waals surface area contributed by atoms with Gasteiger partial charge in [-0.25, -0.2) is 0 Å². The SMILES string of the molecule is NCC(O)CN[C@@H]1C[C@H](N)[C@@H](O[C@H]2O[C@H](CNCC3CC(N)C3)CC[C@H]2N)[C@H](O[C@@H]2O[C@H](CO)[C@@H](O[C@H]3O[C@@H](CN)C[C@H](O)[C@H]3N)[C@H]2O)[C@H]1O. The van der Waals surface area contributed by atoms with Gasteiger partial charge in [0.1, 0.15) is 30.5 Å². The fraction of sp³-hybridized carbons (Fsp3) is 1.00. The van der Waals surface area contributed by atoms with Crippen molar-refractivity contribution in [2.75, 3.05) is 39.3 Å². The van der Waals surface area contributed by atoms with E-state index in [1.54, 1.807) is 0 Å². The van der Waals surface area contributed by atoms with Gasteiger partial charge in [0.15, 0.2) is 18.9 Å². The van der Waals surface area contributed by atoms with Crippen molar-refractivity contribution in [1.29, 1.82) is 0 Å². The molecule has 19 nitrogen and oxygen atoms in total. The van der Waals surface area contributed by atoms with Crippen molar-refractivity contribution in [2.24, 2.45) is 40.3 Å². The largest absolute Gasteiger partial charge is 0.394 e. The van der Waals surface area contributed by atoms with Crippen LogP contribution in [-0.4, -0.2) is 175 Å². The molecule has 0 radical (unpaired) electrons. The van der Waals surface area contributed by atoms with Crippen LogP contribution in [0.3, 0.4) is 0 Å². The lowest BCUT2D eigenvalue weighted by Crippen LogP contribution is -2.66. The van der Waals surface area contributed by atoms with Crippen LogP contribution in [0.1, 0.15) is 38.5 Å². The highest BCUT2D eigenvalue weighted by atomic mass is 16.8. The lowest BCUT2D eigenvalue weighted by molar-refractivity contribution is -0.289. The molecule has 1 unspecified atom stereocenters. The van der Waals surface area contributed by atoms with Gasteiger partial charge in [-0.2, -0.15) is 0 Å². The molecular weight excluding hydrogens is 660 g/mol. The molecule has 3 aliphatic heterocycles. The highest BCUT2D eigenvalue weighted by molar-refractivity contribution is 5.02. The molecule has 19 N–H and O–H groups in total. The Morgan fingerprint density at radius 3 is 2.12 bits per heavy atom. The van der Waals surface area contributed by atoms with E-state index in [4.69, 9.17) is 62.8 Å². The minimum atomic E-state index is -1.50. The fourth-order valence-electron chi connectivity index (χ4n) is 7.52. The second-order valence-electron chi connectivity index (χ2n) is 14.7. The van der Waals surface area contributed by atoms with Gasteiger partial charge in [-0.05, 0) is 44.6 Å². The van der Waals surface area contributed by atoms with E-state index >= 15 is 0 Å². The first kappa shape index (κ1) is 40.4. The number of nitrogens with two attached hydrogens (primary N) is 6. The molecule has 0 spiro atoms. The number of aliphatic hydroxyl groups excluding tert-OH is 5. The van der Waals surface area contributed by atoms with Gasteiger partial charge in [0.25, 0.3) is 0 Å². The fourth-order valence-corrected chi connectivity index (χ4v) is 7.52. The van der Waals surface area contributed by atoms with Crippen LogP contribution < -0.4 is 45.0 Å². The molecule has 0 aromatic heterocycles. The summed E-state index contributed by atoms with van der Waals surface area (Å²) in [5.74, 6) is 0.556. The van der Waals surface area contributed by atoms with Crippen molar-refractivity contribution in [3.05, 3.63) is 0 Å². The van der Waals surface area contributed by atoms with Crippen molar-refractivity contribution in [2.45, 2.75) is 149 Å². The van der Waals surface area contributed by atoms with E-state index in [1.165, 1.54) is 0 Å². The van der Waals surface area contributed by atoms with Crippen LogP contribution >= 0.6 is 0 Å². The quantitative estimate of drug-likeness (QED) is 0.0704. The summed E-state index contributed by atoms with van der Waals surface area (Å²) in [6.45, 7) is 1.11. The topological polar surface area (TPSA) is 337 Å². The molecule has 2 saturated carbocycles. The molecule has 0 aromatic rings. The predicted molar refractivity (Wildman–Crippen MR) is 178 cm³/mol. The highest BCUT2D eigenvalue weighted by Gasteiger charge is 2.53. The molecule has 3 saturated heterocycles. The van der Waals surface area contributed by atoms with E-state index in [9.17, 15) is 25.5 Å². The molecule has 0 amide bonds. The van der Waals surface area contributed by atoms with Crippen LogP contribution in [0.2, 0.25) is 0 Å². The zero-order valence-corrected chi connectivity index (χ0v) is 28.6. The smallest absolute Gasteiger partial charge is 0.187 e. The molecule has 0 bridgehead atoms. The Labute approximate surface area is 292 Å². The molecule has 17 atom stereocenters. The van der Waals surface area contributed by atoms with E-state index in [0.29, 0.717) is 18.9 Å². The number of hydrogen-bond acceptors (Lipinski definition) is 19. The minimum absolute atomic E-state index is 0.0120. The third-order valence-electron chi connectivity index (χ3n) is 10.7. The Bertz CT molecular complexity index is 1030. The van der Waals surface area contributed by atoms with Gasteiger partial charge in [0.2, 0.25) is 0 Å².